The Bertz CT molecular complexity index is 1140. The second-order valence-electron chi connectivity index (χ2n) is 9.06. The summed E-state index contributed by atoms with van der Waals surface area (Å²) in [6.45, 7) is 10.4. The van der Waals surface area contributed by atoms with Crippen LogP contribution in [-0.4, -0.2) is 80.4 Å². The summed E-state index contributed by atoms with van der Waals surface area (Å²) in [6.07, 6.45) is 3.14. The molecule has 1 aromatic carbocycles. The van der Waals surface area contributed by atoms with E-state index in [2.05, 4.69) is 56.3 Å². The summed E-state index contributed by atoms with van der Waals surface area (Å²) in [5.41, 5.74) is 2.72. The molecule has 9 nitrogen and oxygen atoms in total. The summed E-state index contributed by atoms with van der Waals surface area (Å²) in [4.78, 5) is 21.2. The Labute approximate surface area is 193 Å². The number of tetrazole rings is 1. The van der Waals surface area contributed by atoms with Crippen molar-refractivity contribution in [1.82, 2.24) is 35.0 Å². The molecule has 0 saturated carbocycles. The number of hydrogen-bond acceptors (Lipinski definition) is 7. The molecule has 0 bridgehead atoms. The van der Waals surface area contributed by atoms with Crippen molar-refractivity contribution in [2.24, 2.45) is 0 Å². The van der Waals surface area contributed by atoms with E-state index in [9.17, 15) is 4.79 Å². The molecule has 2 aromatic heterocycles. The predicted octanol–water partition coefficient (Wildman–Crippen LogP) is 1.98. The number of fused-ring (bicyclic) bond motifs is 1. The first kappa shape index (κ1) is 22.2. The Morgan fingerprint density at radius 1 is 1.18 bits per heavy atom. The van der Waals surface area contributed by atoms with E-state index in [0.29, 0.717) is 17.9 Å². The first-order valence-corrected chi connectivity index (χ1v) is 12.2. The third-order valence-corrected chi connectivity index (χ3v) is 7.06. The second kappa shape index (κ2) is 9.70. The number of aromatic amines is 1. The molecule has 3 aromatic rings. The first-order valence-electron chi connectivity index (χ1n) is 12.2. The first-order chi connectivity index (χ1) is 16.2. The van der Waals surface area contributed by atoms with Gasteiger partial charge in [-0.25, -0.2) is 4.68 Å². The maximum atomic E-state index is 13.3. The molecule has 176 valence electrons. The average molecular weight is 452 g/mol. The minimum Gasteiger partial charge on any atom is -0.376 e. The zero-order valence-electron chi connectivity index (χ0n) is 19.5. The van der Waals surface area contributed by atoms with E-state index in [1.807, 2.05) is 16.8 Å². The number of aryl methyl sites for hydroxylation is 1. The van der Waals surface area contributed by atoms with Crippen LogP contribution < -0.4 is 5.56 Å². The maximum Gasteiger partial charge on any atom is 0.253 e. The smallest absolute Gasteiger partial charge is 0.253 e. The van der Waals surface area contributed by atoms with E-state index < -0.39 is 0 Å². The highest BCUT2D eigenvalue weighted by Gasteiger charge is 2.33. The lowest BCUT2D eigenvalue weighted by atomic mass is 10.0. The van der Waals surface area contributed by atoms with Gasteiger partial charge in [-0.1, -0.05) is 19.9 Å². The summed E-state index contributed by atoms with van der Waals surface area (Å²) in [6, 6.07) is 7.96. The molecular formula is C24H33N7O2. The fourth-order valence-corrected chi connectivity index (χ4v) is 5.05. The number of H-pyrrole nitrogens is 1. The molecular weight excluding hydrogens is 418 g/mol. The van der Waals surface area contributed by atoms with Crippen molar-refractivity contribution in [3.05, 3.63) is 51.6 Å². The molecule has 5 rings (SSSR count). The number of ether oxygens (including phenoxy) is 1. The Hall–Kier alpha value is -2.62. The molecule has 9 heteroatoms. The van der Waals surface area contributed by atoms with Crippen molar-refractivity contribution < 1.29 is 4.74 Å². The monoisotopic (exact) mass is 451 g/mol. The lowest BCUT2D eigenvalue weighted by Gasteiger charge is -2.38. The molecule has 2 aliphatic rings. The Balaban J connectivity index is 1.57. The van der Waals surface area contributed by atoms with Gasteiger partial charge in [0.25, 0.3) is 5.56 Å². The van der Waals surface area contributed by atoms with E-state index >= 15 is 0 Å². The molecule has 2 unspecified atom stereocenters. The topological polar surface area (TPSA) is 92.2 Å². The number of rotatable bonds is 7. The average Bonchev–Trinajstić information content (AvgIpc) is 3.53. The summed E-state index contributed by atoms with van der Waals surface area (Å²) in [7, 11) is 0. The minimum atomic E-state index is -0.307. The summed E-state index contributed by atoms with van der Waals surface area (Å²) >= 11 is 0. The molecule has 2 atom stereocenters. The van der Waals surface area contributed by atoms with E-state index in [0.717, 1.165) is 69.5 Å². The van der Waals surface area contributed by atoms with Gasteiger partial charge in [0.1, 0.15) is 6.04 Å². The van der Waals surface area contributed by atoms with E-state index in [1.165, 1.54) is 5.56 Å². The van der Waals surface area contributed by atoms with Crippen molar-refractivity contribution in [3.8, 4) is 0 Å². The second-order valence-corrected chi connectivity index (χ2v) is 9.06. The summed E-state index contributed by atoms with van der Waals surface area (Å²) in [5, 5.41) is 13.8. The molecule has 2 fully saturated rings. The highest BCUT2D eigenvalue weighted by Crippen LogP contribution is 2.28. The number of nitrogens with one attached hydrogen (secondary N) is 1. The van der Waals surface area contributed by atoms with Gasteiger partial charge in [0.2, 0.25) is 0 Å². The molecule has 0 radical (unpaired) electrons. The Morgan fingerprint density at radius 2 is 2.03 bits per heavy atom. The van der Waals surface area contributed by atoms with Crippen molar-refractivity contribution in [2.75, 3.05) is 39.3 Å². The molecule has 4 heterocycles. The normalized spacial score (nSPS) is 21.1. The van der Waals surface area contributed by atoms with Gasteiger partial charge in [0, 0.05) is 43.9 Å². The van der Waals surface area contributed by atoms with Crippen LogP contribution in [0.2, 0.25) is 0 Å². The largest absolute Gasteiger partial charge is 0.376 e. The number of pyridine rings is 1. The minimum absolute atomic E-state index is 0.0821. The molecule has 0 spiro atoms. The molecule has 2 saturated heterocycles. The SMILES string of the molecule is CCc1ccc2[nH]c(=O)c(C(c3nnnn3CC3CCCO3)N3CCN(CC)CC3)cc2c1. The predicted molar refractivity (Wildman–Crippen MR) is 126 cm³/mol. The molecule has 0 amide bonds. The number of aromatic nitrogens is 5. The van der Waals surface area contributed by atoms with Gasteiger partial charge in [0.15, 0.2) is 5.82 Å². The van der Waals surface area contributed by atoms with Crippen molar-refractivity contribution in [2.45, 2.75) is 51.8 Å². The van der Waals surface area contributed by atoms with E-state index in [4.69, 9.17) is 4.74 Å². The van der Waals surface area contributed by atoms with Crippen molar-refractivity contribution in [1.29, 1.82) is 0 Å². The van der Waals surface area contributed by atoms with Crippen LogP contribution in [0.25, 0.3) is 10.9 Å². The van der Waals surface area contributed by atoms with Gasteiger partial charge in [-0.3, -0.25) is 9.69 Å². The number of benzene rings is 1. The molecule has 2 aliphatic heterocycles. The van der Waals surface area contributed by atoms with Crippen LogP contribution in [0.4, 0.5) is 0 Å². The van der Waals surface area contributed by atoms with Gasteiger partial charge < -0.3 is 14.6 Å². The van der Waals surface area contributed by atoms with Gasteiger partial charge in [0.05, 0.1) is 12.6 Å². The maximum absolute atomic E-state index is 13.3. The Kier molecular flexibility index (Phi) is 6.52. The number of likely N-dealkylation sites (N-methyl/N-ethyl adjacent to an activating group) is 1. The molecule has 0 aliphatic carbocycles. The Morgan fingerprint density at radius 3 is 2.76 bits per heavy atom. The van der Waals surface area contributed by atoms with Gasteiger partial charge in [-0.2, -0.15) is 0 Å². The summed E-state index contributed by atoms with van der Waals surface area (Å²) in [5.74, 6) is 0.715. The summed E-state index contributed by atoms with van der Waals surface area (Å²) < 4.78 is 7.69. The van der Waals surface area contributed by atoms with Crippen LogP contribution in [0.3, 0.4) is 0 Å². The van der Waals surface area contributed by atoms with E-state index in [-0.39, 0.29) is 17.7 Å². The standard InChI is InChI=1S/C24H33N7O2/c1-3-17-7-8-21-18(14-17)15-20(24(32)25-21)22(30-11-9-29(4-2)10-12-30)23-26-27-28-31(23)16-19-6-5-13-33-19/h7-8,14-15,19,22H,3-6,9-13,16H2,1-2H3,(H,25,32). The highest BCUT2D eigenvalue weighted by atomic mass is 16.5. The number of hydrogen-bond donors (Lipinski definition) is 1. The van der Waals surface area contributed by atoms with Crippen LogP contribution in [0.1, 0.15) is 49.7 Å². The van der Waals surface area contributed by atoms with E-state index in [1.54, 1.807) is 0 Å². The van der Waals surface area contributed by atoms with Crippen molar-refractivity contribution >= 4 is 10.9 Å². The van der Waals surface area contributed by atoms with Gasteiger partial charge in [-0.05, 0) is 65.4 Å². The van der Waals surface area contributed by atoms with Crippen LogP contribution in [0.15, 0.2) is 29.1 Å². The van der Waals surface area contributed by atoms with Crippen LogP contribution in [-0.2, 0) is 17.7 Å². The third kappa shape index (κ3) is 4.58. The zero-order chi connectivity index (χ0) is 22.8. The lowest BCUT2D eigenvalue weighted by Crippen LogP contribution is -2.49. The fraction of sp³-hybridized carbons (Fsp3) is 0.583. The van der Waals surface area contributed by atoms with Gasteiger partial charge in [-0.15, -0.1) is 5.10 Å². The third-order valence-electron chi connectivity index (χ3n) is 7.06. The number of nitrogens with zero attached hydrogens (tertiary/aromatic N) is 6. The van der Waals surface area contributed by atoms with Crippen LogP contribution >= 0.6 is 0 Å². The van der Waals surface area contributed by atoms with Gasteiger partial charge >= 0.3 is 0 Å². The quantitative estimate of drug-likeness (QED) is 0.587. The highest BCUT2D eigenvalue weighted by molar-refractivity contribution is 5.80. The zero-order valence-corrected chi connectivity index (χ0v) is 19.5. The van der Waals surface area contributed by atoms with Crippen LogP contribution in [0.5, 0.6) is 0 Å². The molecule has 1 N–H and O–H groups in total. The van der Waals surface area contributed by atoms with Crippen molar-refractivity contribution in [3.63, 3.8) is 0 Å². The molecule has 33 heavy (non-hydrogen) atoms. The fourth-order valence-electron chi connectivity index (χ4n) is 5.05. The van der Waals surface area contributed by atoms with Crippen LogP contribution in [0, 0.1) is 0 Å². The lowest BCUT2D eigenvalue weighted by molar-refractivity contribution is 0.0860. The number of piperazine rings is 1.